The maximum atomic E-state index is 14.1. The van der Waals surface area contributed by atoms with E-state index in [1.807, 2.05) is 6.07 Å². The highest BCUT2D eigenvalue weighted by molar-refractivity contribution is 5.92. The van der Waals surface area contributed by atoms with Crippen LogP contribution in [-0.4, -0.2) is 55.7 Å². The highest BCUT2D eigenvalue weighted by Gasteiger charge is 2.34. The van der Waals surface area contributed by atoms with Gasteiger partial charge in [0.15, 0.2) is 0 Å². The number of aliphatic hydroxyl groups is 2. The summed E-state index contributed by atoms with van der Waals surface area (Å²) in [4.78, 5) is 14.9. The number of aliphatic hydroxyl groups excluding tert-OH is 2. The van der Waals surface area contributed by atoms with Crippen LogP contribution in [0.4, 0.5) is 20.6 Å². The Morgan fingerprint density at radius 1 is 1.31 bits per heavy atom. The van der Waals surface area contributed by atoms with Gasteiger partial charge in [0.2, 0.25) is 0 Å². The van der Waals surface area contributed by atoms with Gasteiger partial charge in [0, 0.05) is 24.3 Å². The van der Waals surface area contributed by atoms with E-state index in [1.165, 1.54) is 13.2 Å². The van der Waals surface area contributed by atoms with Crippen molar-refractivity contribution in [3.05, 3.63) is 52.8 Å². The lowest BCUT2D eigenvalue weighted by atomic mass is 10.1. The number of carbonyl (C=O) groups is 1. The molecule has 2 amide bonds. The smallest absolute Gasteiger partial charge is 0.319 e. The van der Waals surface area contributed by atoms with Gasteiger partial charge >= 0.3 is 6.03 Å². The number of amides is 2. The van der Waals surface area contributed by atoms with Gasteiger partial charge in [-0.15, -0.1) is 0 Å². The van der Waals surface area contributed by atoms with Gasteiger partial charge in [0.05, 0.1) is 44.3 Å². The van der Waals surface area contributed by atoms with E-state index in [9.17, 15) is 19.4 Å². The topological polar surface area (TPSA) is 103 Å². The van der Waals surface area contributed by atoms with Gasteiger partial charge in [-0.2, -0.15) is 0 Å². The molecule has 2 aromatic rings. The van der Waals surface area contributed by atoms with E-state index < -0.39 is 30.1 Å². The number of nitrogens with zero attached hydrogens (tertiary/aromatic N) is 1. The molecule has 0 radical (unpaired) electrons. The average molecular weight is 445 g/mol. The lowest BCUT2D eigenvalue weighted by molar-refractivity contribution is 0.122. The highest BCUT2D eigenvalue weighted by atomic mass is 19.1. The van der Waals surface area contributed by atoms with Gasteiger partial charge in [-0.05, 0) is 42.7 Å². The molecule has 9 heteroatoms. The fraction of sp³-hybridized carbons (Fsp3) is 0.435. The minimum absolute atomic E-state index is 0.195. The number of carbonyl (C=O) groups excluding carboxylic acids is 1. The summed E-state index contributed by atoms with van der Waals surface area (Å²) in [5.41, 5.74) is 2.66. The van der Waals surface area contributed by atoms with Crippen molar-refractivity contribution in [3.63, 3.8) is 0 Å². The molecule has 0 saturated carbocycles. The number of hydrogen-bond acceptors (Lipinski definition) is 6. The number of fused-ring (bicyclic) bond motifs is 1. The molecule has 0 unspecified atom stereocenters. The molecule has 172 valence electrons. The summed E-state index contributed by atoms with van der Waals surface area (Å²) in [5.74, 6) is -0.0406. The first-order valence-corrected chi connectivity index (χ1v) is 10.6. The number of urea groups is 1. The van der Waals surface area contributed by atoms with Crippen LogP contribution >= 0.6 is 0 Å². The van der Waals surface area contributed by atoms with Crippen molar-refractivity contribution in [2.45, 2.75) is 31.6 Å². The fourth-order valence-corrected chi connectivity index (χ4v) is 4.34. The number of halogens is 1. The average Bonchev–Trinajstić information content (AvgIpc) is 3.10. The Morgan fingerprint density at radius 3 is 2.72 bits per heavy atom. The standard InChI is InChI=1S/C23H28FN3O5/c1-13(28)16-10-14(27-6-8-32-9-7-27)11-20(22(16)31-2)26-23(30)25-19-12-17-15(21(19)29)4-3-5-18(17)24/h3-5,10-11,13,19,21,28-29H,6-9,12H2,1-2H3,(H2,25,26,30)/t13-,19+,21-/m0/s1. The number of anilines is 2. The van der Waals surface area contributed by atoms with Gasteiger partial charge < -0.3 is 35.2 Å². The zero-order chi connectivity index (χ0) is 22.8. The van der Waals surface area contributed by atoms with Crippen molar-refractivity contribution in [2.24, 2.45) is 0 Å². The maximum absolute atomic E-state index is 14.1. The summed E-state index contributed by atoms with van der Waals surface area (Å²) >= 11 is 0. The molecule has 0 spiro atoms. The van der Waals surface area contributed by atoms with Crippen LogP contribution in [0.1, 0.15) is 35.8 Å². The van der Waals surface area contributed by atoms with Gasteiger partial charge in [-0.1, -0.05) is 12.1 Å². The molecule has 2 aromatic carbocycles. The van der Waals surface area contributed by atoms with Crippen LogP contribution in [0.25, 0.3) is 0 Å². The lowest BCUT2D eigenvalue weighted by Crippen LogP contribution is -2.40. The third kappa shape index (κ3) is 4.36. The molecular formula is C23H28FN3O5. The van der Waals surface area contributed by atoms with Crippen molar-refractivity contribution in [2.75, 3.05) is 43.6 Å². The van der Waals surface area contributed by atoms with E-state index in [-0.39, 0.29) is 6.42 Å². The molecule has 4 N–H and O–H groups in total. The molecular weight excluding hydrogens is 417 g/mol. The number of hydrogen-bond donors (Lipinski definition) is 4. The zero-order valence-corrected chi connectivity index (χ0v) is 18.1. The Kier molecular flexibility index (Phi) is 6.50. The quantitative estimate of drug-likeness (QED) is 0.564. The normalized spacial score (nSPS) is 21.1. The largest absolute Gasteiger partial charge is 0.494 e. The van der Waals surface area contributed by atoms with Gasteiger partial charge in [-0.3, -0.25) is 0 Å². The van der Waals surface area contributed by atoms with Crippen molar-refractivity contribution in [1.82, 2.24) is 5.32 Å². The molecule has 4 rings (SSSR count). The summed E-state index contributed by atoms with van der Waals surface area (Å²) in [7, 11) is 1.47. The minimum atomic E-state index is -0.999. The zero-order valence-electron chi connectivity index (χ0n) is 18.1. The third-order valence-corrected chi connectivity index (χ3v) is 5.98. The SMILES string of the molecule is COc1c(NC(=O)N[C@@H]2Cc3c(F)cccc3[C@@H]2O)cc(N2CCOCC2)cc1[C@H](C)O. The van der Waals surface area contributed by atoms with Crippen LogP contribution in [0.3, 0.4) is 0 Å². The second-order valence-corrected chi connectivity index (χ2v) is 8.05. The second kappa shape index (κ2) is 9.32. The Labute approximate surface area is 185 Å². The Hall–Kier alpha value is -2.88. The van der Waals surface area contributed by atoms with Crippen molar-refractivity contribution >= 4 is 17.4 Å². The van der Waals surface area contributed by atoms with Crippen LogP contribution in [0, 0.1) is 5.82 Å². The van der Waals surface area contributed by atoms with Gasteiger partial charge in [0.1, 0.15) is 11.6 Å². The Morgan fingerprint density at radius 2 is 2.06 bits per heavy atom. The lowest BCUT2D eigenvalue weighted by Gasteiger charge is -2.30. The Balaban J connectivity index is 1.55. The maximum Gasteiger partial charge on any atom is 0.319 e. The number of benzene rings is 2. The molecule has 0 bridgehead atoms. The van der Waals surface area contributed by atoms with E-state index >= 15 is 0 Å². The molecule has 1 aliphatic heterocycles. The molecule has 1 heterocycles. The summed E-state index contributed by atoms with van der Waals surface area (Å²) in [6.45, 7) is 4.20. The third-order valence-electron chi connectivity index (χ3n) is 5.98. The van der Waals surface area contributed by atoms with Crippen LogP contribution in [0.2, 0.25) is 0 Å². The van der Waals surface area contributed by atoms with E-state index in [1.54, 1.807) is 25.1 Å². The van der Waals surface area contributed by atoms with Crippen molar-refractivity contribution in [3.8, 4) is 5.75 Å². The van der Waals surface area contributed by atoms with Crippen LogP contribution < -0.4 is 20.3 Å². The number of morpholine rings is 1. The highest BCUT2D eigenvalue weighted by Crippen LogP contribution is 2.38. The monoisotopic (exact) mass is 445 g/mol. The predicted octanol–water partition coefficient (Wildman–Crippen LogP) is 2.50. The fourth-order valence-electron chi connectivity index (χ4n) is 4.34. The predicted molar refractivity (Wildman–Crippen MR) is 118 cm³/mol. The summed E-state index contributed by atoms with van der Waals surface area (Å²) < 4.78 is 25.0. The molecule has 1 saturated heterocycles. The molecule has 0 aromatic heterocycles. The summed E-state index contributed by atoms with van der Waals surface area (Å²) in [6, 6.07) is 6.95. The number of ether oxygens (including phenoxy) is 2. The molecule has 1 aliphatic carbocycles. The number of methoxy groups -OCH3 is 1. The summed E-state index contributed by atoms with van der Waals surface area (Å²) in [6.07, 6.45) is -1.62. The first kappa shape index (κ1) is 22.3. The first-order chi connectivity index (χ1) is 15.4. The molecule has 1 fully saturated rings. The number of nitrogens with one attached hydrogen (secondary N) is 2. The second-order valence-electron chi connectivity index (χ2n) is 8.05. The van der Waals surface area contributed by atoms with Crippen molar-refractivity contribution < 1.29 is 28.9 Å². The van der Waals surface area contributed by atoms with Crippen LogP contribution in [0.5, 0.6) is 5.75 Å². The van der Waals surface area contributed by atoms with Crippen LogP contribution in [0.15, 0.2) is 30.3 Å². The van der Waals surface area contributed by atoms with Crippen LogP contribution in [-0.2, 0) is 11.2 Å². The molecule has 8 nitrogen and oxygen atoms in total. The Bertz CT molecular complexity index is 994. The summed E-state index contributed by atoms with van der Waals surface area (Å²) in [5, 5.41) is 26.3. The van der Waals surface area contributed by atoms with E-state index in [4.69, 9.17) is 9.47 Å². The van der Waals surface area contributed by atoms with E-state index in [0.717, 1.165) is 5.69 Å². The van der Waals surface area contributed by atoms with Gasteiger partial charge in [0.25, 0.3) is 0 Å². The van der Waals surface area contributed by atoms with E-state index in [2.05, 4.69) is 15.5 Å². The van der Waals surface area contributed by atoms with E-state index in [0.29, 0.717) is 54.4 Å². The molecule has 32 heavy (non-hydrogen) atoms. The number of rotatable bonds is 5. The first-order valence-electron chi connectivity index (χ1n) is 10.6. The van der Waals surface area contributed by atoms with Gasteiger partial charge in [-0.25, -0.2) is 9.18 Å². The molecule has 3 atom stereocenters. The minimum Gasteiger partial charge on any atom is -0.494 e. The van der Waals surface area contributed by atoms with Crippen molar-refractivity contribution in [1.29, 1.82) is 0 Å². The molecule has 2 aliphatic rings.